The van der Waals surface area contributed by atoms with Crippen molar-refractivity contribution < 1.29 is 4.79 Å². The number of anilines is 1. The number of urea groups is 1. The molecule has 1 aromatic heterocycles. The van der Waals surface area contributed by atoms with E-state index in [0.717, 1.165) is 35.5 Å². The molecule has 1 aliphatic heterocycles. The minimum absolute atomic E-state index is 0.0259. The van der Waals surface area contributed by atoms with Crippen molar-refractivity contribution in [1.29, 1.82) is 0 Å². The number of aromatic nitrogens is 2. The van der Waals surface area contributed by atoms with Gasteiger partial charge in [0.15, 0.2) is 0 Å². The van der Waals surface area contributed by atoms with Crippen molar-refractivity contribution in [2.45, 2.75) is 19.9 Å². The normalized spacial score (nSPS) is 13.3. The van der Waals surface area contributed by atoms with Crippen LogP contribution in [-0.4, -0.2) is 28.7 Å². The number of amides is 2. The zero-order valence-electron chi connectivity index (χ0n) is 13.7. The molecule has 2 aromatic carbocycles. The number of carbonyl (C=O) groups excluding carboxylic acids is 1. The van der Waals surface area contributed by atoms with Gasteiger partial charge in [-0.2, -0.15) is 0 Å². The first kappa shape index (κ1) is 14.8. The molecule has 0 fully saturated rings. The maximum absolute atomic E-state index is 12.5. The molecule has 5 heteroatoms. The fourth-order valence-electron chi connectivity index (χ4n) is 3.40. The summed E-state index contributed by atoms with van der Waals surface area (Å²) in [5.41, 5.74) is 4.37. The quantitative estimate of drug-likeness (QED) is 0.806. The molecule has 0 saturated carbocycles. The predicted molar refractivity (Wildman–Crippen MR) is 95.4 cm³/mol. The molecule has 4 rings (SSSR count). The van der Waals surface area contributed by atoms with E-state index in [4.69, 9.17) is 0 Å². The Morgan fingerprint density at radius 2 is 1.96 bits per heavy atom. The van der Waals surface area contributed by atoms with Gasteiger partial charge in [0.05, 0.1) is 11.0 Å². The second kappa shape index (κ2) is 6.00. The maximum atomic E-state index is 12.5. The van der Waals surface area contributed by atoms with Crippen LogP contribution in [0.3, 0.4) is 0 Å². The summed E-state index contributed by atoms with van der Waals surface area (Å²) in [6.07, 6.45) is 0.925. The van der Waals surface area contributed by atoms with Crippen LogP contribution in [0.5, 0.6) is 0 Å². The first-order chi connectivity index (χ1) is 11.7. The van der Waals surface area contributed by atoms with Gasteiger partial charge in [0, 0.05) is 25.3 Å². The van der Waals surface area contributed by atoms with Gasteiger partial charge < -0.3 is 9.88 Å². The highest BCUT2D eigenvalue weighted by Crippen LogP contribution is 2.27. The highest BCUT2D eigenvalue weighted by molar-refractivity contribution is 5.94. The molecule has 1 aliphatic rings. The van der Waals surface area contributed by atoms with Crippen LogP contribution < -0.4 is 10.2 Å². The van der Waals surface area contributed by atoms with Gasteiger partial charge in [0.2, 0.25) is 0 Å². The number of nitrogens with zero attached hydrogens (tertiary/aromatic N) is 3. The maximum Gasteiger partial charge on any atom is 0.321 e. The Labute approximate surface area is 140 Å². The van der Waals surface area contributed by atoms with Crippen molar-refractivity contribution in [2.75, 3.05) is 18.0 Å². The number of aryl methyl sites for hydroxylation is 1. The summed E-state index contributed by atoms with van der Waals surface area (Å²) in [7, 11) is 0. The van der Waals surface area contributed by atoms with Gasteiger partial charge in [0.1, 0.15) is 5.82 Å². The lowest BCUT2D eigenvalue weighted by Crippen LogP contribution is -2.40. The van der Waals surface area contributed by atoms with Crippen LogP contribution in [0.25, 0.3) is 11.0 Å². The highest BCUT2D eigenvalue weighted by atomic mass is 16.2. The van der Waals surface area contributed by atoms with E-state index in [2.05, 4.69) is 27.0 Å². The van der Waals surface area contributed by atoms with Crippen LogP contribution in [0.1, 0.15) is 11.4 Å². The molecular formula is C19H20N4O. The van der Waals surface area contributed by atoms with Gasteiger partial charge >= 0.3 is 6.03 Å². The topological polar surface area (TPSA) is 50.2 Å². The van der Waals surface area contributed by atoms with Gasteiger partial charge in [-0.05, 0) is 37.1 Å². The summed E-state index contributed by atoms with van der Waals surface area (Å²) in [5, 5.41) is 3.03. The summed E-state index contributed by atoms with van der Waals surface area (Å²) < 4.78 is 2.15. The number of nitrogens with one attached hydrogen (secondary N) is 1. The highest BCUT2D eigenvalue weighted by Gasteiger charge is 2.23. The Morgan fingerprint density at radius 1 is 1.17 bits per heavy atom. The van der Waals surface area contributed by atoms with Crippen LogP contribution >= 0.6 is 0 Å². The number of hydrogen-bond acceptors (Lipinski definition) is 2. The predicted octanol–water partition coefficient (Wildman–Crippen LogP) is 3.12. The van der Waals surface area contributed by atoms with Crippen LogP contribution in [0.15, 0.2) is 48.5 Å². The summed E-state index contributed by atoms with van der Waals surface area (Å²) >= 11 is 0. The van der Waals surface area contributed by atoms with E-state index >= 15 is 0 Å². The Bertz CT molecular complexity index is 899. The summed E-state index contributed by atoms with van der Waals surface area (Å²) in [4.78, 5) is 18.9. The molecule has 3 aromatic rings. The molecule has 1 N–H and O–H groups in total. The van der Waals surface area contributed by atoms with E-state index in [9.17, 15) is 4.79 Å². The number of imidazole rings is 1. The van der Waals surface area contributed by atoms with Crippen molar-refractivity contribution in [3.05, 3.63) is 59.9 Å². The van der Waals surface area contributed by atoms with Crippen molar-refractivity contribution in [2.24, 2.45) is 0 Å². The molecule has 2 heterocycles. The van der Waals surface area contributed by atoms with Crippen molar-refractivity contribution in [3.8, 4) is 0 Å². The van der Waals surface area contributed by atoms with Crippen molar-refractivity contribution in [1.82, 2.24) is 14.9 Å². The lowest BCUT2D eigenvalue weighted by Gasteiger charge is -2.18. The zero-order chi connectivity index (χ0) is 16.5. The van der Waals surface area contributed by atoms with Crippen molar-refractivity contribution >= 4 is 22.8 Å². The molecular weight excluding hydrogens is 300 g/mol. The number of fused-ring (bicyclic) bond motifs is 2. The molecule has 2 amide bonds. The smallest absolute Gasteiger partial charge is 0.321 e. The van der Waals surface area contributed by atoms with Gasteiger partial charge in [0.25, 0.3) is 0 Å². The SMILES string of the molecule is Cc1nc2ccccc2n1CCNC(=O)N1CCc2ccccc21. The minimum Gasteiger partial charge on any atom is -0.336 e. The average molecular weight is 320 g/mol. The number of para-hydroxylation sites is 3. The zero-order valence-corrected chi connectivity index (χ0v) is 13.7. The molecule has 0 aliphatic carbocycles. The van der Waals surface area contributed by atoms with E-state index in [-0.39, 0.29) is 6.03 Å². The number of rotatable bonds is 3. The lowest BCUT2D eigenvalue weighted by molar-refractivity contribution is 0.246. The Kier molecular flexibility index (Phi) is 3.69. The summed E-state index contributed by atoms with van der Waals surface area (Å²) in [5.74, 6) is 0.969. The Balaban J connectivity index is 1.42. The molecule has 0 saturated heterocycles. The third-order valence-corrected chi connectivity index (χ3v) is 4.59. The van der Waals surface area contributed by atoms with Crippen LogP contribution in [0, 0.1) is 6.92 Å². The second-order valence-electron chi connectivity index (χ2n) is 6.06. The molecule has 5 nitrogen and oxygen atoms in total. The monoisotopic (exact) mass is 320 g/mol. The lowest BCUT2D eigenvalue weighted by atomic mass is 10.2. The largest absolute Gasteiger partial charge is 0.336 e. The average Bonchev–Trinajstić information content (AvgIpc) is 3.16. The molecule has 24 heavy (non-hydrogen) atoms. The number of carbonyl (C=O) groups is 1. The molecule has 0 unspecified atom stereocenters. The third kappa shape index (κ3) is 2.52. The Hall–Kier alpha value is -2.82. The van der Waals surface area contributed by atoms with E-state index in [0.29, 0.717) is 13.1 Å². The van der Waals surface area contributed by atoms with Gasteiger partial charge in [-0.25, -0.2) is 9.78 Å². The first-order valence-corrected chi connectivity index (χ1v) is 8.29. The van der Waals surface area contributed by atoms with E-state index in [1.807, 2.05) is 48.2 Å². The molecule has 0 radical (unpaired) electrons. The fourth-order valence-corrected chi connectivity index (χ4v) is 3.40. The number of hydrogen-bond donors (Lipinski definition) is 1. The molecule has 122 valence electrons. The molecule has 0 bridgehead atoms. The second-order valence-corrected chi connectivity index (χ2v) is 6.06. The molecule has 0 spiro atoms. The number of benzene rings is 2. The molecule has 0 atom stereocenters. The van der Waals surface area contributed by atoms with Gasteiger partial charge in [-0.3, -0.25) is 4.90 Å². The summed E-state index contributed by atoms with van der Waals surface area (Å²) in [6.45, 7) is 4.04. The van der Waals surface area contributed by atoms with E-state index < -0.39 is 0 Å². The van der Waals surface area contributed by atoms with Crippen molar-refractivity contribution in [3.63, 3.8) is 0 Å². The third-order valence-electron chi connectivity index (χ3n) is 4.59. The standard InChI is InChI=1S/C19H20N4O/c1-14-21-16-7-3-5-9-18(16)22(14)13-11-20-19(24)23-12-10-15-6-2-4-8-17(15)23/h2-9H,10-13H2,1H3,(H,20,24). The minimum atomic E-state index is -0.0259. The summed E-state index contributed by atoms with van der Waals surface area (Å²) in [6, 6.07) is 16.2. The van der Waals surface area contributed by atoms with E-state index in [1.165, 1.54) is 5.56 Å². The van der Waals surface area contributed by atoms with Crippen LogP contribution in [-0.2, 0) is 13.0 Å². The van der Waals surface area contributed by atoms with Gasteiger partial charge in [-0.1, -0.05) is 30.3 Å². The van der Waals surface area contributed by atoms with Gasteiger partial charge in [-0.15, -0.1) is 0 Å². The Morgan fingerprint density at radius 3 is 2.88 bits per heavy atom. The first-order valence-electron chi connectivity index (χ1n) is 8.29. The van der Waals surface area contributed by atoms with Crippen LogP contribution in [0.4, 0.5) is 10.5 Å². The van der Waals surface area contributed by atoms with E-state index in [1.54, 1.807) is 0 Å². The fraction of sp³-hybridized carbons (Fsp3) is 0.263. The van der Waals surface area contributed by atoms with Crippen LogP contribution in [0.2, 0.25) is 0 Å².